The number of aliphatic hydroxyl groups is 1. The molecule has 1 aromatic rings. The molecule has 1 aliphatic rings. The second-order valence-electron chi connectivity index (χ2n) is 4.83. The number of phenolic OH excluding ortho intramolecular Hbond substituents is 1. The van der Waals surface area contributed by atoms with Gasteiger partial charge in [0.15, 0.2) is 0 Å². The van der Waals surface area contributed by atoms with Crippen LogP contribution >= 0.6 is 45.2 Å². The van der Waals surface area contributed by atoms with Gasteiger partial charge in [-0.15, -0.1) is 0 Å². The molecule has 110 valence electrons. The van der Waals surface area contributed by atoms with E-state index in [9.17, 15) is 15.0 Å². The number of phenols is 1. The van der Waals surface area contributed by atoms with Crippen molar-refractivity contribution in [2.45, 2.75) is 25.0 Å². The number of halogens is 2. The van der Waals surface area contributed by atoms with E-state index in [1.54, 1.807) is 19.1 Å². The van der Waals surface area contributed by atoms with Crippen LogP contribution in [0.2, 0.25) is 0 Å². The van der Waals surface area contributed by atoms with Gasteiger partial charge in [0.1, 0.15) is 11.4 Å². The van der Waals surface area contributed by atoms with Crippen LogP contribution in [0.4, 0.5) is 0 Å². The van der Waals surface area contributed by atoms with E-state index in [-0.39, 0.29) is 24.0 Å². The molecule has 0 spiro atoms. The first-order valence-corrected chi connectivity index (χ1v) is 8.29. The van der Waals surface area contributed by atoms with Gasteiger partial charge in [-0.1, -0.05) is 0 Å². The molecule has 2 atom stereocenters. The lowest BCUT2D eigenvalue weighted by molar-refractivity contribution is -0.0251. The quantitative estimate of drug-likeness (QED) is 0.551. The van der Waals surface area contributed by atoms with Crippen LogP contribution in [-0.4, -0.2) is 41.0 Å². The largest absolute Gasteiger partial charge is 0.506 e. The van der Waals surface area contributed by atoms with Gasteiger partial charge in [-0.25, -0.2) is 0 Å². The van der Waals surface area contributed by atoms with Gasteiger partial charge < -0.3 is 20.3 Å². The van der Waals surface area contributed by atoms with Gasteiger partial charge in [0.25, 0.3) is 5.91 Å². The molecule has 5 nitrogen and oxygen atoms in total. The maximum atomic E-state index is 12.1. The molecule has 0 saturated carbocycles. The van der Waals surface area contributed by atoms with Crippen LogP contribution in [0, 0.1) is 7.14 Å². The van der Waals surface area contributed by atoms with Gasteiger partial charge >= 0.3 is 0 Å². The summed E-state index contributed by atoms with van der Waals surface area (Å²) in [5, 5.41) is 22.9. The lowest BCUT2D eigenvalue weighted by atomic mass is 9.96. The highest BCUT2D eigenvalue weighted by molar-refractivity contribution is 14.1. The predicted octanol–water partition coefficient (Wildman–Crippen LogP) is 1.87. The first-order valence-electron chi connectivity index (χ1n) is 6.14. The Morgan fingerprint density at radius 2 is 2.25 bits per heavy atom. The van der Waals surface area contributed by atoms with Crippen molar-refractivity contribution < 1.29 is 19.7 Å². The summed E-state index contributed by atoms with van der Waals surface area (Å²) in [6.45, 7) is 2.37. The molecule has 1 amide bonds. The van der Waals surface area contributed by atoms with Crippen LogP contribution in [0.3, 0.4) is 0 Å². The fraction of sp³-hybridized carbons (Fsp3) is 0.462. The van der Waals surface area contributed by atoms with Gasteiger partial charge in [0.2, 0.25) is 0 Å². The molecule has 1 aromatic carbocycles. The molecule has 7 heteroatoms. The van der Waals surface area contributed by atoms with Gasteiger partial charge in [0, 0.05) is 23.1 Å². The average molecular weight is 503 g/mol. The Kier molecular flexibility index (Phi) is 5.14. The second kappa shape index (κ2) is 6.32. The third-order valence-electron chi connectivity index (χ3n) is 3.49. The summed E-state index contributed by atoms with van der Waals surface area (Å²) >= 11 is 4.07. The van der Waals surface area contributed by atoms with Crippen LogP contribution in [0.5, 0.6) is 5.75 Å². The number of aromatic hydroxyl groups is 1. The fourth-order valence-corrected chi connectivity index (χ4v) is 3.92. The van der Waals surface area contributed by atoms with Crippen molar-refractivity contribution in [2.24, 2.45) is 0 Å². The molecule has 2 unspecified atom stereocenters. The van der Waals surface area contributed by atoms with Crippen molar-refractivity contribution in [1.29, 1.82) is 0 Å². The number of nitrogens with one attached hydrogen (secondary N) is 1. The zero-order valence-corrected chi connectivity index (χ0v) is 15.1. The van der Waals surface area contributed by atoms with E-state index in [1.807, 2.05) is 22.6 Å². The van der Waals surface area contributed by atoms with E-state index in [4.69, 9.17) is 4.74 Å². The lowest BCUT2D eigenvalue weighted by Gasteiger charge is -2.26. The average Bonchev–Trinajstić information content (AvgIpc) is 2.72. The third-order valence-corrected chi connectivity index (χ3v) is 4.93. The van der Waals surface area contributed by atoms with E-state index < -0.39 is 11.5 Å². The molecule has 2 rings (SSSR count). The Hall–Kier alpha value is -0.130. The number of carbonyl (C=O) groups excluding carboxylic acids is 1. The van der Waals surface area contributed by atoms with E-state index >= 15 is 0 Å². The van der Waals surface area contributed by atoms with E-state index in [2.05, 4.69) is 27.9 Å². The minimum absolute atomic E-state index is 0.0359. The number of ether oxygens (including phenoxy) is 1. The van der Waals surface area contributed by atoms with Crippen LogP contribution in [0.1, 0.15) is 23.7 Å². The smallest absolute Gasteiger partial charge is 0.255 e. The van der Waals surface area contributed by atoms with E-state index in [1.165, 1.54) is 0 Å². The zero-order chi connectivity index (χ0) is 14.9. The van der Waals surface area contributed by atoms with Crippen LogP contribution in [0.15, 0.2) is 12.1 Å². The second-order valence-corrected chi connectivity index (χ2v) is 7.24. The Labute approximate surface area is 144 Å². The van der Waals surface area contributed by atoms with Crippen molar-refractivity contribution in [3.8, 4) is 5.75 Å². The van der Waals surface area contributed by atoms with Crippen molar-refractivity contribution in [2.75, 3.05) is 13.2 Å². The van der Waals surface area contributed by atoms with Crippen molar-refractivity contribution >= 4 is 51.1 Å². The standard InChI is InChI=1S/C13H15I2NO4/c1-7-13(19,2-3-20-7)6-16-12(18)9-4-8(14)5-10(15)11(9)17/h4-5,7,17,19H,2-3,6H2,1H3,(H,16,18). The van der Waals surface area contributed by atoms with Gasteiger partial charge in [-0.3, -0.25) is 4.79 Å². The minimum Gasteiger partial charge on any atom is -0.506 e. The molecule has 1 saturated heterocycles. The highest BCUT2D eigenvalue weighted by atomic mass is 127. The summed E-state index contributed by atoms with van der Waals surface area (Å²) in [5.41, 5.74) is -0.822. The zero-order valence-electron chi connectivity index (χ0n) is 10.8. The lowest BCUT2D eigenvalue weighted by Crippen LogP contribution is -2.47. The number of hydrogen-bond donors (Lipinski definition) is 3. The van der Waals surface area contributed by atoms with Gasteiger partial charge in [-0.2, -0.15) is 0 Å². The summed E-state index contributed by atoms with van der Waals surface area (Å²) in [6.07, 6.45) is 0.178. The van der Waals surface area contributed by atoms with Crippen LogP contribution in [0.25, 0.3) is 0 Å². The van der Waals surface area contributed by atoms with E-state index in [0.717, 1.165) is 3.57 Å². The molecule has 1 heterocycles. The molecule has 0 aromatic heterocycles. The molecule has 3 N–H and O–H groups in total. The number of carbonyl (C=O) groups is 1. The molecule has 0 bridgehead atoms. The normalized spacial score (nSPS) is 25.7. The summed E-state index contributed by atoms with van der Waals surface area (Å²) < 4.78 is 6.80. The monoisotopic (exact) mass is 503 g/mol. The topological polar surface area (TPSA) is 78.8 Å². The molecule has 1 fully saturated rings. The maximum absolute atomic E-state index is 12.1. The van der Waals surface area contributed by atoms with Crippen molar-refractivity contribution in [1.82, 2.24) is 5.32 Å². The minimum atomic E-state index is -1.04. The van der Waals surface area contributed by atoms with E-state index in [0.29, 0.717) is 16.6 Å². The predicted molar refractivity (Wildman–Crippen MR) is 90.9 cm³/mol. The van der Waals surface area contributed by atoms with Gasteiger partial charge in [-0.05, 0) is 64.2 Å². The third kappa shape index (κ3) is 3.37. The first-order chi connectivity index (χ1) is 9.33. The summed E-state index contributed by atoms with van der Waals surface area (Å²) in [6, 6.07) is 3.40. The Balaban J connectivity index is 2.09. The summed E-state index contributed by atoms with van der Waals surface area (Å²) in [5.74, 6) is -0.433. The van der Waals surface area contributed by atoms with Gasteiger partial charge in [0.05, 0.1) is 15.2 Å². The maximum Gasteiger partial charge on any atom is 0.255 e. The summed E-state index contributed by atoms with van der Waals surface area (Å²) in [4.78, 5) is 12.1. The molecular formula is C13H15I2NO4. The fourth-order valence-electron chi connectivity index (χ4n) is 2.07. The number of benzene rings is 1. The van der Waals surface area contributed by atoms with Crippen molar-refractivity contribution in [3.05, 3.63) is 24.8 Å². The molecule has 0 radical (unpaired) electrons. The summed E-state index contributed by atoms with van der Waals surface area (Å²) in [7, 11) is 0. The van der Waals surface area contributed by atoms with Crippen molar-refractivity contribution in [3.63, 3.8) is 0 Å². The Morgan fingerprint density at radius 3 is 2.85 bits per heavy atom. The Morgan fingerprint density at radius 1 is 1.55 bits per heavy atom. The molecule has 1 aliphatic heterocycles. The Bertz CT molecular complexity index is 537. The first kappa shape index (κ1) is 16.2. The molecule has 0 aliphatic carbocycles. The van der Waals surface area contributed by atoms with Crippen LogP contribution in [-0.2, 0) is 4.74 Å². The highest BCUT2D eigenvalue weighted by Crippen LogP contribution is 2.28. The SMILES string of the molecule is CC1OCCC1(O)CNC(=O)c1cc(I)cc(I)c1O. The highest BCUT2D eigenvalue weighted by Gasteiger charge is 2.39. The number of amides is 1. The molecular weight excluding hydrogens is 488 g/mol. The molecule has 20 heavy (non-hydrogen) atoms. The number of hydrogen-bond acceptors (Lipinski definition) is 4. The van der Waals surface area contributed by atoms with Crippen LogP contribution < -0.4 is 5.32 Å². The number of rotatable bonds is 3.